The predicted octanol–water partition coefficient (Wildman–Crippen LogP) is 2.71. The Bertz CT molecular complexity index is 604. The first-order chi connectivity index (χ1) is 8.56. The molecule has 0 bridgehead atoms. The molecule has 0 aliphatic rings. The lowest BCUT2D eigenvalue weighted by Gasteiger charge is -2.07. The Labute approximate surface area is 108 Å². The van der Waals surface area contributed by atoms with Crippen molar-refractivity contribution in [2.75, 3.05) is 11.1 Å². The molecule has 0 fully saturated rings. The van der Waals surface area contributed by atoms with E-state index in [4.69, 9.17) is 17.3 Å². The number of nitrogens with two attached hydrogens (primary N) is 1. The Morgan fingerprint density at radius 3 is 2.83 bits per heavy atom. The second kappa shape index (κ2) is 5.01. The molecule has 2 rings (SSSR count). The van der Waals surface area contributed by atoms with E-state index in [0.29, 0.717) is 5.69 Å². The highest BCUT2D eigenvalue weighted by Gasteiger charge is 2.10. The highest BCUT2D eigenvalue weighted by atomic mass is 35.5. The monoisotopic (exact) mass is 265 g/mol. The Balaban J connectivity index is 2.24. The zero-order chi connectivity index (χ0) is 13.1. The largest absolute Gasteiger partial charge is 0.399 e. The smallest absolute Gasteiger partial charge is 0.274 e. The van der Waals surface area contributed by atoms with Crippen LogP contribution in [0.2, 0.25) is 5.02 Å². The van der Waals surface area contributed by atoms with E-state index in [9.17, 15) is 9.18 Å². The fourth-order valence-corrected chi connectivity index (χ4v) is 1.52. The molecule has 6 heteroatoms. The van der Waals surface area contributed by atoms with Crippen molar-refractivity contribution in [1.82, 2.24) is 4.98 Å². The molecule has 92 valence electrons. The van der Waals surface area contributed by atoms with Gasteiger partial charge in [0.25, 0.3) is 5.91 Å². The molecule has 0 spiro atoms. The van der Waals surface area contributed by atoms with Crippen molar-refractivity contribution in [3.05, 3.63) is 53.1 Å². The van der Waals surface area contributed by atoms with Crippen LogP contribution in [0.3, 0.4) is 0 Å². The van der Waals surface area contributed by atoms with Crippen LogP contribution in [0, 0.1) is 5.82 Å². The molecule has 0 atom stereocenters. The van der Waals surface area contributed by atoms with Crippen molar-refractivity contribution in [2.24, 2.45) is 0 Å². The van der Waals surface area contributed by atoms with Gasteiger partial charge in [0, 0.05) is 11.9 Å². The summed E-state index contributed by atoms with van der Waals surface area (Å²) in [4.78, 5) is 15.7. The second-order valence-electron chi connectivity index (χ2n) is 3.55. The van der Waals surface area contributed by atoms with Gasteiger partial charge in [-0.15, -0.1) is 0 Å². The van der Waals surface area contributed by atoms with E-state index in [2.05, 4.69) is 10.3 Å². The number of amides is 1. The second-order valence-corrected chi connectivity index (χ2v) is 3.96. The lowest BCUT2D eigenvalue weighted by Crippen LogP contribution is -2.14. The maximum atomic E-state index is 13.0. The number of nitrogen functional groups attached to an aromatic ring is 1. The first kappa shape index (κ1) is 12.3. The highest BCUT2D eigenvalue weighted by Crippen LogP contribution is 2.22. The van der Waals surface area contributed by atoms with Crippen LogP contribution in [0.5, 0.6) is 0 Å². The van der Waals surface area contributed by atoms with E-state index in [1.807, 2.05) is 0 Å². The molecule has 4 nitrogen and oxygen atoms in total. The van der Waals surface area contributed by atoms with Gasteiger partial charge in [-0.1, -0.05) is 11.6 Å². The predicted molar refractivity (Wildman–Crippen MR) is 68.0 cm³/mol. The highest BCUT2D eigenvalue weighted by molar-refractivity contribution is 6.33. The van der Waals surface area contributed by atoms with Crippen molar-refractivity contribution in [3.63, 3.8) is 0 Å². The van der Waals surface area contributed by atoms with E-state index in [1.54, 1.807) is 6.07 Å². The first-order valence-corrected chi connectivity index (χ1v) is 5.42. The van der Waals surface area contributed by atoms with Crippen LogP contribution in [0.1, 0.15) is 10.5 Å². The number of nitrogens with zero attached hydrogens (tertiary/aromatic N) is 1. The third kappa shape index (κ3) is 2.75. The molecule has 1 heterocycles. The average molecular weight is 266 g/mol. The third-order valence-electron chi connectivity index (χ3n) is 2.19. The summed E-state index contributed by atoms with van der Waals surface area (Å²) in [5, 5.41) is 2.71. The number of carbonyl (C=O) groups is 1. The molecule has 18 heavy (non-hydrogen) atoms. The quantitative estimate of drug-likeness (QED) is 0.877. The van der Waals surface area contributed by atoms with Gasteiger partial charge in [-0.3, -0.25) is 9.78 Å². The summed E-state index contributed by atoms with van der Waals surface area (Å²) in [6.07, 6.45) is 1.41. The molecule has 0 unspecified atom stereocenters. The van der Waals surface area contributed by atoms with Gasteiger partial charge in [0.1, 0.15) is 11.5 Å². The lowest BCUT2D eigenvalue weighted by molar-refractivity contribution is 0.102. The number of pyridine rings is 1. The molecule has 0 saturated carbocycles. The van der Waals surface area contributed by atoms with Crippen molar-refractivity contribution in [1.29, 1.82) is 0 Å². The van der Waals surface area contributed by atoms with Crippen LogP contribution in [0.4, 0.5) is 15.8 Å². The molecule has 0 aliphatic heterocycles. The van der Waals surface area contributed by atoms with Gasteiger partial charge in [-0.2, -0.15) is 0 Å². The summed E-state index contributed by atoms with van der Waals surface area (Å²) < 4.78 is 13.0. The summed E-state index contributed by atoms with van der Waals surface area (Å²) in [5.74, 6) is -0.995. The summed E-state index contributed by atoms with van der Waals surface area (Å²) in [6, 6.07) is 6.68. The number of rotatable bonds is 2. The van der Waals surface area contributed by atoms with Crippen molar-refractivity contribution in [2.45, 2.75) is 0 Å². The molecule has 3 N–H and O–H groups in total. The van der Waals surface area contributed by atoms with E-state index in [0.717, 1.165) is 6.07 Å². The molecular weight excluding hydrogens is 257 g/mol. The van der Waals surface area contributed by atoms with E-state index < -0.39 is 11.7 Å². The number of halogens is 2. The molecule has 1 amide bonds. The van der Waals surface area contributed by atoms with Gasteiger partial charge in [0.2, 0.25) is 0 Å². The number of carbonyl (C=O) groups excluding carboxylic acids is 1. The SMILES string of the molecule is Nc1ccnc(C(=O)Nc2cc(F)ccc2Cl)c1. The number of aromatic nitrogens is 1. The topological polar surface area (TPSA) is 68.0 Å². The number of hydrogen-bond acceptors (Lipinski definition) is 3. The lowest BCUT2D eigenvalue weighted by atomic mass is 10.2. The standard InChI is InChI=1S/C12H9ClFN3O/c13-9-2-1-7(14)5-10(9)17-12(18)11-6-8(15)3-4-16-11/h1-6H,(H2,15,16)(H,17,18). The average Bonchev–Trinajstić information content (AvgIpc) is 2.34. The summed E-state index contributed by atoms with van der Waals surface area (Å²) in [5.41, 5.74) is 6.28. The minimum Gasteiger partial charge on any atom is -0.399 e. The van der Waals surface area contributed by atoms with Crippen molar-refractivity contribution < 1.29 is 9.18 Å². The zero-order valence-corrected chi connectivity index (χ0v) is 9.91. The molecule has 2 aromatic rings. The van der Waals surface area contributed by atoms with Crippen LogP contribution in [0.25, 0.3) is 0 Å². The third-order valence-corrected chi connectivity index (χ3v) is 2.52. The minimum absolute atomic E-state index is 0.135. The van der Waals surface area contributed by atoms with Gasteiger partial charge >= 0.3 is 0 Å². The normalized spacial score (nSPS) is 10.1. The van der Waals surface area contributed by atoms with E-state index in [1.165, 1.54) is 24.4 Å². The van der Waals surface area contributed by atoms with Gasteiger partial charge in [-0.05, 0) is 30.3 Å². The Morgan fingerprint density at radius 1 is 1.33 bits per heavy atom. The fraction of sp³-hybridized carbons (Fsp3) is 0. The minimum atomic E-state index is -0.505. The van der Waals surface area contributed by atoms with E-state index in [-0.39, 0.29) is 16.4 Å². The number of hydrogen-bond donors (Lipinski definition) is 2. The number of benzene rings is 1. The first-order valence-electron chi connectivity index (χ1n) is 5.04. The summed E-state index contributed by atoms with van der Waals surface area (Å²) in [7, 11) is 0. The van der Waals surface area contributed by atoms with Crippen molar-refractivity contribution in [3.8, 4) is 0 Å². The summed E-state index contributed by atoms with van der Waals surface area (Å²) in [6.45, 7) is 0. The van der Waals surface area contributed by atoms with Gasteiger partial charge < -0.3 is 11.1 Å². The molecule has 0 aliphatic carbocycles. The maximum absolute atomic E-state index is 13.0. The zero-order valence-electron chi connectivity index (χ0n) is 9.15. The Kier molecular flexibility index (Phi) is 3.43. The summed E-state index contributed by atoms with van der Waals surface area (Å²) >= 11 is 5.83. The van der Waals surface area contributed by atoms with Gasteiger partial charge in [-0.25, -0.2) is 4.39 Å². The molecular formula is C12H9ClFN3O. The maximum Gasteiger partial charge on any atom is 0.274 e. The molecule has 1 aromatic carbocycles. The van der Waals surface area contributed by atoms with E-state index >= 15 is 0 Å². The molecule has 0 radical (unpaired) electrons. The number of nitrogens with one attached hydrogen (secondary N) is 1. The Morgan fingerprint density at radius 2 is 2.11 bits per heavy atom. The van der Waals surface area contributed by atoms with Gasteiger partial charge in [0.05, 0.1) is 10.7 Å². The van der Waals surface area contributed by atoms with Gasteiger partial charge in [0.15, 0.2) is 0 Å². The van der Waals surface area contributed by atoms with Crippen LogP contribution in [-0.2, 0) is 0 Å². The molecule has 1 aromatic heterocycles. The molecule has 0 saturated heterocycles. The van der Waals surface area contributed by atoms with Crippen LogP contribution >= 0.6 is 11.6 Å². The fourth-order valence-electron chi connectivity index (χ4n) is 1.35. The Hall–Kier alpha value is -2.14. The van der Waals surface area contributed by atoms with Crippen LogP contribution in [0.15, 0.2) is 36.5 Å². The number of anilines is 2. The van der Waals surface area contributed by atoms with Crippen LogP contribution in [-0.4, -0.2) is 10.9 Å². The van der Waals surface area contributed by atoms with Crippen molar-refractivity contribution >= 4 is 28.9 Å². The van der Waals surface area contributed by atoms with Crippen LogP contribution < -0.4 is 11.1 Å².